The monoisotopic (exact) mass is 255 g/mol. The van der Waals surface area contributed by atoms with Gasteiger partial charge in [-0.3, -0.25) is 4.68 Å². The Morgan fingerprint density at radius 2 is 1.83 bits per heavy atom. The van der Waals surface area contributed by atoms with Crippen LogP contribution in [-0.2, 0) is 13.2 Å². The molecule has 0 saturated heterocycles. The first-order valence-electron chi connectivity index (χ1n) is 5.28. The van der Waals surface area contributed by atoms with Crippen LogP contribution >= 0.6 is 0 Å². The molecule has 0 atom stereocenters. The molecule has 0 spiro atoms. The number of halogens is 3. The van der Waals surface area contributed by atoms with Crippen LogP contribution in [0.2, 0.25) is 0 Å². The maximum absolute atomic E-state index is 12.9. The molecule has 0 fully saturated rings. The number of anilines is 1. The molecule has 1 aromatic carbocycles. The second-order valence-corrected chi connectivity index (χ2v) is 4.01. The Kier molecular flexibility index (Phi) is 2.80. The molecule has 3 nitrogen and oxygen atoms in total. The zero-order valence-electron chi connectivity index (χ0n) is 9.92. The summed E-state index contributed by atoms with van der Waals surface area (Å²) in [7, 11) is 1.58. The first-order chi connectivity index (χ1) is 8.32. The molecule has 96 valence electrons. The molecule has 0 bridgehead atoms. The molecule has 2 N–H and O–H groups in total. The van der Waals surface area contributed by atoms with Crippen LogP contribution < -0.4 is 5.73 Å². The van der Waals surface area contributed by atoms with Crippen LogP contribution in [0.4, 0.5) is 18.9 Å². The van der Waals surface area contributed by atoms with Crippen molar-refractivity contribution in [2.45, 2.75) is 13.1 Å². The minimum Gasteiger partial charge on any atom is -0.395 e. The number of nitrogens with zero attached hydrogens (tertiary/aromatic N) is 2. The van der Waals surface area contributed by atoms with Gasteiger partial charge in [0, 0.05) is 12.6 Å². The lowest BCUT2D eigenvalue weighted by molar-refractivity contribution is -0.137. The molecular formula is C12H12F3N3. The van der Waals surface area contributed by atoms with Gasteiger partial charge in [-0.2, -0.15) is 18.3 Å². The molecule has 0 unspecified atom stereocenters. The van der Waals surface area contributed by atoms with Gasteiger partial charge < -0.3 is 5.73 Å². The standard InChI is InChI=1S/C12H12F3N3/c1-7-10(16)11(18(2)17-7)8-5-3-4-6-9(8)12(13,14)15/h3-6H,16H2,1-2H3. The maximum atomic E-state index is 12.9. The van der Waals surface area contributed by atoms with E-state index < -0.39 is 11.7 Å². The summed E-state index contributed by atoms with van der Waals surface area (Å²) in [6.45, 7) is 1.66. The predicted octanol–water partition coefficient (Wildman–Crippen LogP) is 3.00. The Labute approximate surface area is 102 Å². The van der Waals surface area contributed by atoms with Crippen molar-refractivity contribution in [3.8, 4) is 11.3 Å². The maximum Gasteiger partial charge on any atom is 0.417 e. The van der Waals surface area contributed by atoms with Crippen molar-refractivity contribution in [2.24, 2.45) is 7.05 Å². The molecular weight excluding hydrogens is 243 g/mol. The van der Waals surface area contributed by atoms with Crippen molar-refractivity contribution >= 4 is 5.69 Å². The lowest BCUT2D eigenvalue weighted by atomic mass is 10.0. The molecule has 0 amide bonds. The van der Waals surface area contributed by atoms with Gasteiger partial charge in [0.05, 0.1) is 22.6 Å². The number of nitrogen functional groups attached to an aromatic ring is 1. The summed E-state index contributed by atoms with van der Waals surface area (Å²) in [6.07, 6.45) is -4.42. The minimum atomic E-state index is -4.42. The van der Waals surface area contributed by atoms with Crippen LogP contribution in [-0.4, -0.2) is 9.78 Å². The van der Waals surface area contributed by atoms with E-state index in [0.717, 1.165) is 6.07 Å². The van der Waals surface area contributed by atoms with Gasteiger partial charge in [0.25, 0.3) is 0 Å². The third-order valence-electron chi connectivity index (χ3n) is 2.76. The van der Waals surface area contributed by atoms with E-state index in [-0.39, 0.29) is 11.3 Å². The van der Waals surface area contributed by atoms with Gasteiger partial charge in [-0.25, -0.2) is 0 Å². The fraction of sp³-hybridized carbons (Fsp3) is 0.250. The highest BCUT2D eigenvalue weighted by Gasteiger charge is 2.34. The first kappa shape index (κ1) is 12.5. The average Bonchev–Trinajstić information content (AvgIpc) is 2.52. The molecule has 1 heterocycles. The molecule has 0 saturated carbocycles. The van der Waals surface area contributed by atoms with Crippen LogP contribution in [0.15, 0.2) is 24.3 Å². The summed E-state index contributed by atoms with van der Waals surface area (Å²) in [4.78, 5) is 0. The Bertz CT molecular complexity index is 585. The summed E-state index contributed by atoms with van der Waals surface area (Å²) in [6, 6.07) is 5.34. The van der Waals surface area contributed by atoms with E-state index in [1.165, 1.54) is 16.8 Å². The second-order valence-electron chi connectivity index (χ2n) is 4.01. The normalized spacial score (nSPS) is 11.8. The van der Waals surface area contributed by atoms with Gasteiger partial charge in [0.15, 0.2) is 0 Å². The highest BCUT2D eigenvalue weighted by molar-refractivity contribution is 5.77. The molecule has 0 aliphatic carbocycles. The van der Waals surface area contributed by atoms with Gasteiger partial charge in [-0.1, -0.05) is 18.2 Å². The lowest BCUT2D eigenvalue weighted by Crippen LogP contribution is -2.09. The molecule has 2 aromatic rings. The molecule has 18 heavy (non-hydrogen) atoms. The van der Waals surface area contributed by atoms with Gasteiger partial charge in [-0.15, -0.1) is 0 Å². The van der Waals surface area contributed by atoms with Crippen molar-refractivity contribution in [2.75, 3.05) is 5.73 Å². The molecule has 6 heteroatoms. The Hall–Kier alpha value is -1.98. The van der Waals surface area contributed by atoms with Crippen molar-refractivity contribution in [1.82, 2.24) is 9.78 Å². The van der Waals surface area contributed by atoms with E-state index in [1.807, 2.05) is 0 Å². The predicted molar refractivity (Wildman–Crippen MR) is 62.8 cm³/mol. The Morgan fingerprint density at radius 1 is 1.22 bits per heavy atom. The zero-order valence-corrected chi connectivity index (χ0v) is 9.92. The highest BCUT2D eigenvalue weighted by atomic mass is 19.4. The number of rotatable bonds is 1. The van der Waals surface area contributed by atoms with Crippen molar-refractivity contribution in [3.05, 3.63) is 35.5 Å². The highest BCUT2D eigenvalue weighted by Crippen LogP contribution is 2.39. The quantitative estimate of drug-likeness (QED) is 0.851. The Balaban J connectivity index is 2.72. The van der Waals surface area contributed by atoms with Gasteiger partial charge >= 0.3 is 6.18 Å². The van der Waals surface area contributed by atoms with Crippen LogP contribution in [0.1, 0.15) is 11.3 Å². The van der Waals surface area contributed by atoms with Gasteiger partial charge in [0.2, 0.25) is 0 Å². The number of aryl methyl sites for hydroxylation is 2. The van der Waals surface area contributed by atoms with Crippen LogP contribution in [0.3, 0.4) is 0 Å². The summed E-state index contributed by atoms with van der Waals surface area (Å²) in [5.41, 5.74) is 6.22. The number of alkyl halides is 3. The third-order valence-corrected chi connectivity index (χ3v) is 2.76. The van der Waals surface area contributed by atoms with Crippen LogP contribution in [0.25, 0.3) is 11.3 Å². The van der Waals surface area contributed by atoms with E-state index in [1.54, 1.807) is 20.0 Å². The molecule has 0 aliphatic rings. The second kappa shape index (κ2) is 4.04. The largest absolute Gasteiger partial charge is 0.417 e. The minimum absolute atomic E-state index is 0.0469. The summed E-state index contributed by atoms with van der Waals surface area (Å²) >= 11 is 0. The summed E-state index contributed by atoms with van der Waals surface area (Å²) in [5.74, 6) is 0. The van der Waals surface area contributed by atoms with E-state index in [2.05, 4.69) is 5.10 Å². The zero-order chi connectivity index (χ0) is 13.5. The Morgan fingerprint density at radius 3 is 2.33 bits per heavy atom. The summed E-state index contributed by atoms with van der Waals surface area (Å²) < 4.78 is 40.2. The number of hydrogen-bond acceptors (Lipinski definition) is 2. The molecule has 1 aromatic heterocycles. The van der Waals surface area contributed by atoms with E-state index in [0.29, 0.717) is 11.4 Å². The van der Waals surface area contributed by atoms with E-state index >= 15 is 0 Å². The average molecular weight is 255 g/mol. The number of benzene rings is 1. The van der Waals surface area contributed by atoms with Crippen molar-refractivity contribution in [1.29, 1.82) is 0 Å². The fourth-order valence-corrected chi connectivity index (χ4v) is 1.93. The number of hydrogen-bond donors (Lipinski definition) is 1. The molecule has 0 aliphatic heterocycles. The van der Waals surface area contributed by atoms with E-state index in [9.17, 15) is 13.2 Å². The summed E-state index contributed by atoms with van der Waals surface area (Å²) in [5, 5.41) is 4.03. The first-order valence-corrected chi connectivity index (χ1v) is 5.28. The lowest BCUT2D eigenvalue weighted by Gasteiger charge is -2.13. The number of aromatic nitrogens is 2. The van der Waals surface area contributed by atoms with Crippen LogP contribution in [0, 0.1) is 6.92 Å². The fourth-order valence-electron chi connectivity index (χ4n) is 1.93. The van der Waals surface area contributed by atoms with Crippen LogP contribution in [0.5, 0.6) is 0 Å². The van der Waals surface area contributed by atoms with Crippen molar-refractivity contribution < 1.29 is 13.2 Å². The molecule has 2 rings (SSSR count). The smallest absolute Gasteiger partial charge is 0.395 e. The van der Waals surface area contributed by atoms with Gasteiger partial charge in [-0.05, 0) is 13.0 Å². The topological polar surface area (TPSA) is 43.8 Å². The third kappa shape index (κ3) is 1.94. The van der Waals surface area contributed by atoms with Crippen molar-refractivity contribution in [3.63, 3.8) is 0 Å². The number of nitrogens with two attached hydrogens (primary N) is 1. The van der Waals surface area contributed by atoms with E-state index in [4.69, 9.17) is 5.73 Å². The SMILES string of the molecule is Cc1nn(C)c(-c2ccccc2C(F)(F)F)c1N. The van der Waals surface area contributed by atoms with Gasteiger partial charge in [0.1, 0.15) is 0 Å². The molecule has 0 radical (unpaired) electrons.